The van der Waals surface area contributed by atoms with E-state index in [0.29, 0.717) is 5.76 Å². The number of nitrogens with one attached hydrogen (secondary N) is 1. The van der Waals surface area contributed by atoms with Crippen LogP contribution in [0, 0.1) is 10.1 Å². The molecule has 1 aromatic carbocycles. The molecule has 8 heteroatoms. The van der Waals surface area contributed by atoms with Gasteiger partial charge in [0.25, 0.3) is 11.6 Å². The molecule has 2 N–H and O–H groups in total. The van der Waals surface area contributed by atoms with Crippen molar-refractivity contribution in [2.75, 3.05) is 0 Å². The van der Waals surface area contributed by atoms with Gasteiger partial charge in [-0.15, -0.1) is 0 Å². The second-order valence-corrected chi connectivity index (χ2v) is 3.62. The van der Waals surface area contributed by atoms with Crippen LogP contribution in [0.25, 0.3) is 0 Å². The van der Waals surface area contributed by atoms with Crippen molar-refractivity contribution in [3.63, 3.8) is 0 Å². The Morgan fingerprint density at radius 2 is 2.26 bits per heavy atom. The van der Waals surface area contributed by atoms with Crippen molar-refractivity contribution in [3.8, 4) is 5.75 Å². The molecule has 0 radical (unpaired) electrons. The number of aromatic nitrogens is 1. The number of nitrogens with zero attached hydrogens (tertiary/aromatic N) is 2. The van der Waals surface area contributed by atoms with Crippen LogP contribution in [0.3, 0.4) is 0 Å². The van der Waals surface area contributed by atoms with Crippen LogP contribution < -0.4 is 5.32 Å². The number of nitro benzene ring substituents is 1. The molecule has 0 fully saturated rings. The number of phenolic OH excluding ortho intramolecular Hbond substituents is 1. The zero-order valence-corrected chi connectivity index (χ0v) is 9.57. The minimum Gasteiger partial charge on any atom is -0.508 e. The lowest BCUT2D eigenvalue weighted by molar-refractivity contribution is -0.385. The molecule has 98 valence electrons. The smallest absolute Gasteiger partial charge is 0.282 e. The molecule has 0 atom stereocenters. The third-order valence-electron chi connectivity index (χ3n) is 2.34. The molecule has 1 heterocycles. The number of phenols is 1. The normalized spacial score (nSPS) is 10.1. The van der Waals surface area contributed by atoms with Gasteiger partial charge in [-0.25, -0.2) is 0 Å². The number of hydrogen-bond donors (Lipinski definition) is 2. The van der Waals surface area contributed by atoms with E-state index in [9.17, 15) is 20.0 Å². The summed E-state index contributed by atoms with van der Waals surface area (Å²) in [4.78, 5) is 21.9. The highest BCUT2D eigenvalue weighted by Gasteiger charge is 2.20. The summed E-state index contributed by atoms with van der Waals surface area (Å²) in [5.74, 6) is -0.495. The molecule has 0 saturated carbocycles. The Morgan fingerprint density at radius 3 is 2.89 bits per heavy atom. The zero-order chi connectivity index (χ0) is 13.8. The van der Waals surface area contributed by atoms with Crippen LogP contribution in [-0.4, -0.2) is 21.1 Å². The summed E-state index contributed by atoms with van der Waals surface area (Å²) in [6, 6.07) is 4.80. The second-order valence-electron chi connectivity index (χ2n) is 3.62. The van der Waals surface area contributed by atoms with E-state index >= 15 is 0 Å². The molecule has 0 aliphatic carbocycles. The first kappa shape index (κ1) is 12.6. The lowest BCUT2D eigenvalue weighted by atomic mass is 10.1. The van der Waals surface area contributed by atoms with E-state index in [1.54, 1.807) is 6.07 Å². The van der Waals surface area contributed by atoms with Gasteiger partial charge in [0.05, 0.1) is 17.7 Å². The third-order valence-corrected chi connectivity index (χ3v) is 2.34. The molecular formula is C11H9N3O5. The summed E-state index contributed by atoms with van der Waals surface area (Å²) in [5.41, 5.74) is -0.600. The van der Waals surface area contributed by atoms with Crippen LogP contribution in [0.2, 0.25) is 0 Å². The van der Waals surface area contributed by atoms with Gasteiger partial charge >= 0.3 is 0 Å². The number of rotatable bonds is 4. The van der Waals surface area contributed by atoms with Crippen LogP contribution in [0.1, 0.15) is 16.1 Å². The van der Waals surface area contributed by atoms with Crippen LogP contribution in [-0.2, 0) is 6.54 Å². The Hall–Kier alpha value is -2.90. The molecule has 0 aliphatic heterocycles. The highest BCUT2D eigenvalue weighted by atomic mass is 16.6. The SMILES string of the molecule is O=C(NCc1ccno1)c1cc(O)ccc1[N+](=O)[O-]. The first-order valence-electron chi connectivity index (χ1n) is 5.23. The van der Waals surface area contributed by atoms with Crippen LogP contribution in [0.5, 0.6) is 5.75 Å². The molecule has 19 heavy (non-hydrogen) atoms. The van der Waals surface area contributed by atoms with Crippen molar-refractivity contribution in [1.29, 1.82) is 0 Å². The molecule has 0 aliphatic rings. The fourth-order valence-electron chi connectivity index (χ4n) is 1.46. The summed E-state index contributed by atoms with van der Waals surface area (Å²) in [6.45, 7) is 0.0473. The number of nitro groups is 1. The van der Waals surface area contributed by atoms with Gasteiger partial charge in [-0.3, -0.25) is 14.9 Å². The van der Waals surface area contributed by atoms with Crippen molar-refractivity contribution < 1.29 is 19.3 Å². The fraction of sp³-hybridized carbons (Fsp3) is 0.0909. The maximum Gasteiger partial charge on any atom is 0.282 e. The summed E-state index contributed by atoms with van der Waals surface area (Å²) in [5, 5.41) is 26.0. The molecule has 0 bridgehead atoms. The Balaban J connectivity index is 2.18. The van der Waals surface area contributed by atoms with E-state index in [4.69, 9.17) is 4.52 Å². The van der Waals surface area contributed by atoms with Gasteiger partial charge in [-0.05, 0) is 12.1 Å². The summed E-state index contributed by atoms with van der Waals surface area (Å²) >= 11 is 0. The average Bonchev–Trinajstić information content (AvgIpc) is 2.88. The van der Waals surface area contributed by atoms with Crippen molar-refractivity contribution in [1.82, 2.24) is 10.5 Å². The van der Waals surface area contributed by atoms with E-state index in [1.165, 1.54) is 6.20 Å². The Kier molecular flexibility index (Phi) is 3.42. The predicted octanol–water partition coefficient (Wildman–Crippen LogP) is 1.22. The van der Waals surface area contributed by atoms with E-state index in [1.807, 2.05) is 0 Å². The van der Waals surface area contributed by atoms with E-state index in [2.05, 4.69) is 10.5 Å². The van der Waals surface area contributed by atoms with Gasteiger partial charge in [-0.1, -0.05) is 5.16 Å². The van der Waals surface area contributed by atoms with Gasteiger partial charge < -0.3 is 14.9 Å². The molecular weight excluding hydrogens is 254 g/mol. The minimum atomic E-state index is -0.692. The van der Waals surface area contributed by atoms with Gasteiger partial charge in [0.2, 0.25) is 0 Å². The summed E-state index contributed by atoms with van der Waals surface area (Å²) in [6.07, 6.45) is 1.41. The molecule has 8 nitrogen and oxygen atoms in total. The summed E-state index contributed by atoms with van der Waals surface area (Å²) in [7, 11) is 0. The third kappa shape index (κ3) is 2.86. The van der Waals surface area contributed by atoms with Crippen molar-refractivity contribution >= 4 is 11.6 Å². The second kappa shape index (κ2) is 5.17. The number of benzene rings is 1. The molecule has 0 saturated heterocycles. The Morgan fingerprint density at radius 1 is 1.47 bits per heavy atom. The number of aromatic hydroxyl groups is 1. The van der Waals surface area contributed by atoms with Crippen LogP contribution >= 0.6 is 0 Å². The maximum atomic E-state index is 11.8. The van der Waals surface area contributed by atoms with E-state index < -0.39 is 10.8 Å². The predicted molar refractivity (Wildman–Crippen MR) is 62.4 cm³/mol. The first-order valence-corrected chi connectivity index (χ1v) is 5.23. The highest BCUT2D eigenvalue weighted by molar-refractivity contribution is 5.98. The number of hydrogen-bond acceptors (Lipinski definition) is 6. The maximum absolute atomic E-state index is 11.8. The monoisotopic (exact) mass is 263 g/mol. The van der Waals surface area contributed by atoms with Crippen LogP contribution in [0.4, 0.5) is 5.69 Å². The molecule has 2 rings (SSSR count). The van der Waals surface area contributed by atoms with E-state index in [-0.39, 0.29) is 23.5 Å². The van der Waals surface area contributed by atoms with Gasteiger partial charge in [-0.2, -0.15) is 0 Å². The van der Waals surface area contributed by atoms with E-state index in [0.717, 1.165) is 18.2 Å². The summed E-state index contributed by atoms with van der Waals surface area (Å²) < 4.78 is 4.77. The number of carbonyl (C=O) groups is 1. The largest absolute Gasteiger partial charge is 0.508 e. The van der Waals surface area contributed by atoms with Gasteiger partial charge in [0.15, 0.2) is 5.76 Å². The van der Waals surface area contributed by atoms with Gasteiger partial charge in [0, 0.05) is 12.1 Å². The van der Waals surface area contributed by atoms with Gasteiger partial charge in [0.1, 0.15) is 11.3 Å². The van der Waals surface area contributed by atoms with Crippen molar-refractivity contribution in [2.45, 2.75) is 6.54 Å². The number of carbonyl (C=O) groups excluding carboxylic acids is 1. The Bertz CT molecular complexity index is 609. The van der Waals surface area contributed by atoms with Crippen molar-refractivity contribution in [3.05, 3.63) is 51.9 Å². The molecule has 0 spiro atoms. The molecule has 0 unspecified atom stereocenters. The Labute approximate surface area is 106 Å². The van der Waals surface area contributed by atoms with Crippen molar-refractivity contribution in [2.24, 2.45) is 0 Å². The standard InChI is InChI=1S/C11H9N3O5/c15-7-1-2-10(14(17)18)9(5-7)11(16)12-6-8-3-4-13-19-8/h1-5,15H,6H2,(H,12,16). The zero-order valence-electron chi connectivity index (χ0n) is 9.57. The quantitative estimate of drug-likeness (QED) is 0.632. The number of amides is 1. The molecule has 2 aromatic rings. The average molecular weight is 263 g/mol. The highest BCUT2D eigenvalue weighted by Crippen LogP contribution is 2.23. The molecule has 1 amide bonds. The first-order chi connectivity index (χ1) is 9.08. The lowest BCUT2D eigenvalue weighted by Crippen LogP contribution is -2.23. The lowest BCUT2D eigenvalue weighted by Gasteiger charge is -2.04. The fourth-order valence-corrected chi connectivity index (χ4v) is 1.46. The topological polar surface area (TPSA) is 118 Å². The van der Waals surface area contributed by atoms with Crippen LogP contribution in [0.15, 0.2) is 35.0 Å². The molecule has 1 aromatic heterocycles. The minimum absolute atomic E-state index is 0.0473.